The normalized spacial score (nSPS) is 12.0. The zero-order chi connectivity index (χ0) is 23.3. The molecule has 9 heteroatoms. The lowest BCUT2D eigenvalue weighted by Crippen LogP contribution is -2.24. The van der Waals surface area contributed by atoms with Crippen molar-refractivity contribution in [3.63, 3.8) is 0 Å². The van der Waals surface area contributed by atoms with Gasteiger partial charge < -0.3 is 5.32 Å². The highest BCUT2D eigenvalue weighted by atomic mass is 35.5. The molecule has 0 aliphatic heterocycles. The van der Waals surface area contributed by atoms with Gasteiger partial charge in [0.05, 0.1) is 17.6 Å². The third-order valence-corrected chi connectivity index (χ3v) is 4.57. The summed E-state index contributed by atoms with van der Waals surface area (Å²) in [6, 6.07) is 6.68. The maximum absolute atomic E-state index is 13.4. The van der Waals surface area contributed by atoms with Crippen LogP contribution in [0.2, 0.25) is 5.02 Å². The quantitative estimate of drug-likeness (QED) is 0.363. The number of pyridine rings is 1. The number of rotatable bonds is 8. The number of aromatic nitrogens is 3. The molecule has 3 aromatic rings. The molecule has 3 rings (SSSR count). The molecule has 2 aromatic heterocycles. The van der Waals surface area contributed by atoms with Crippen molar-refractivity contribution < 1.29 is 8.78 Å². The molecule has 0 saturated carbocycles. The Morgan fingerprint density at radius 3 is 2.72 bits per heavy atom. The first-order chi connectivity index (χ1) is 15.2. The van der Waals surface area contributed by atoms with Gasteiger partial charge in [-0.25, -0.2) is 18.7 Å². The van der Waals surface area contributed by atoms with Crippen molar-refractivity contribution in [2.75, 3.05) is 11.9 Å². The number of nitrogens with zero attached hydrogens (tertiary/aromatic N) is 4. The summed E-state index contributed by atoms with van der Waals surface area (Å²) in [5.74, 6) is -2.95. The van der Waals surface area contributed by atoms with Gasteiger partial charge in [-0.15, -0.1) is 0 Å². The van der Waals surface area contributed by atoms with E-state index in [1.54, 1.807) is 42.6 Å². The number of hydrogen-bond acceptors (Lipinski definition) is 5. The molecule has 0 radical (unpaired) electrons. The SMILES string of the molecule is C=C/N=C/C=C\C(=C)n1cc2cnc(NCC(C)(F)F)nc2c(-c2ccc(Cl)cc2)c1=O. The Morgan fingerprint density at radius 1 is 1.34 bits per heavy atom. The van der Waals surface area contributed by atoms with Crippen molar-refractivity contribution >= 4 is 40.4 Å². The fourth-order valence-electron chi connectivity index (χ4n) is 2.86. The number of halogens is 3. The maximum atomic E-state index is 13.4. The molecule has 0 fully saturated rings. The molecule has 1 N–H and O–H groups in total. The van der Waals surface area contributed by atoms with Gasteiger partial charge in [-0.3, -0.25) is 14.4 Å². The Kier molecular flexibility index (Phi) is 6.95. The number of fused-ring (bicyclic) bond motifs is 1. The molecule has 0 unspecified atom stereocenters. The van der Waals surface area contributed by atoms with E-state index >= 15 is 0 Å². The molecule has 0 aliphatic carbocycles. The van der Waals surface area contributed by atoms with Crippen LogP contribution >= 0.6 is 11.6 Å². The van der Waals surface area contributed by atoms with Gasteiger partial charge in [0.1, 0.15) is 0 Å². The molecule has 6 nitrogen and oxygen atoms in total. The van der Waals surface area contributed by atoms with Gasteiger partial charge in [0.2, 0.25) is 5.95 Å². The molecule has 0 bridgehead atoms. The van der Waals surface area contributed by atoms with Gasteiger partial charge in [0.25, 0.3) is 11.5 Å². The standard InChI is InChI=1S/C23H20ClF2N5O/c1-4-27-11-5-6-15(2)31-13-17-12-28-22(29-14-23(3,25)26)30-20(17)19(21(31)32)16-7-9-18(24)10-8-16/h4-13H,1-2,14H2,3H3,(H,29,30)/b6-5-,27-11+. The van der Waals surface area contributed by atoms with E-state index in [1.165, 1.54) is 23.2 Å². The monoisotopic (exact) mass is 455 g/mol. The topological polar surface area (TPSA) is 72.2 Å². The summed E-state index contributed by atoms with van der Waals surface area (Å²) >= 11 is 6.00. The van der Waals surface area contributed by atoms with Gasteiger partial charge in [0, 0.05) is 47.8 Å². The van der Waals surface area contributed by atoms with Gasteiger partial charge in [-0.2, -0.15) is 0 Å². The number of benzene rings is 1. The summed E-state index contributed by atoms with van der Waals surface area (Å²) in [5, 5.41) is 3.54. The lowest BCUT2D eigenvalue weighted by molar-refractivity contribution is 0.0366. The fourth-order valence-corrected chi connectivity index (χ4v) is 2.99. The highest BCUT2D eigenvalue weighted by Gasteiger charge is 2.21. The number of nitrogens with one attached hydrogen (secondary N) is 1. The Bertz CT molecular complexity index is 1270. The number of hydrogen-bond donors (Lipinski definition) is 1. The van der Waals surface area contributed by atoms with E-state index < -0.39 is 12.5 Å². The van der Waals surface area contributed by atoms with Crippen molar-refractivity contribution in [2.45, 2.75) is 12.8 Å². The Labute approximate surface area is 188 Å². The van der Waals surface area contributed by atoms with E-state index in [2.05, 4.69) is 33.4 Å². The van der Waals surface area contributed by atoms with Crippen molar-refractivity contribution in [3.05, 3.63) is 83.5 Å². The van der Waals surface area contributed by atoms with E-state index in [9.17, 15) is 13.6 Å². The molecule has 0 aliphatic rings. The highest BCUT2D eigenvalue weighted by molar-refractivity contribution is 6.30. The third kappa shape index (κ3) is 5.53. The molecule has 2 heterocycles. The van der Waals surface area contributed by atoms with Crippen LogP contribution < -0.4 is 10.9 Å². The zero-order valence-electron chi connectivity index (χ0n) is 17.2. The molecular weight excluding hydrogens is 436 g/mol. The fraction of sp³-hybridized carbons (Fsp3) is 0.130. The summed E-state index contributed by atoms with van der Waals surface area (Å²) in [7, 11) is 0. The van der Waals surface area contributed by atoms with Crippen LogP contribution in [0, 0.1) is 0 Å². The second kappa shape index (κ2) is 9.65. The first kappa shape index (κ1) is 23.0. The van der Waals surface area contributed by atoms with Crippen molar-refractivity contribution in [1.82, 2.24) is 14.5 Å². The lowest BCUT2D eigenvalue weighted by atomic mass is 10.0. The van der Waals surface area contributed by atoms with E-state index in [0.29, 0.717) is 27.2 Å². The number of allylic oxidation sites excluding steroid dienone is 3. The van der Waals surface area contributed by atoms with Gasteiger partial charge >= 0.3 is 0 Å². The van der Waals surface area contributed by atoms with Gasteiger partial charge in [0.15, 0.2) is 0 Å². The molecule has 0 spiro atoms. The summed E-state index contributed by atoms with van der Waals surface area (Å²) in [4.78, 5) is 25.7. The first-order valence-electron chi connectivity index (χ1n) is 9.49. The molecule has 0 atom stereocenters. The van der Waals surface area contributed by atoms with Gasteiger partial charge in [-0.1, -0.05) is 36.9 Å². The maximum Gasteiger partial charge on any atom is 0.265 e. The largest absolute Gasteiger partial charge is 0.348 e. The predicted molar refractivity (Wildman–Crippen MR) is 127 cm³/mol. The molecule has 32 heavy (non-hydrogen) atoms. The van der Waals surface area contributed by atoms with Crippen LogP contribution in [0.4, 0.5) is 14.7 Å². The van der Waals surface area contributed by atoms with Crippen molar-refractivity contribution in [3.8, 4) is 11.1 Å². The molecule has 164 valence electrons. The van der Waals surface area contributed by atoms with Crippen LogP contribution in [-0.2, 0) is 0 Å². The summed E-state index contributed by atoms with van der Waals surface area (Å²) in [6.07, 6.45) is 9.14. The van der Waals surface area contributed by atoms with Crippen LogP contribution in [0.3, 0.4) is 0 Å². The summed E-state index contributed by atoms with van der Waals surface area (Å²) < 4.78 is 27.9. The smallest absolute Gasteiger partial charge is 0.265 e. The Balaban J connectivity index is 2.18. The van der Waals surface area contributed by atoms with Crippen molar-refractivity contribution in [1.29, 1.82) is 0 Å². The average Bonchev–Trinajstić information content (AvgIpc) is 2.75. The highest BCUT2D eigenvalue weighted by Crippen LogP contribution is 2.27. The summed E-state index contributed by atoms with van der Waals surface area (Å²) in [5.41, 5.74) is 1.14. The third-order valence-electron chi connectivity index (χ3n) is 4.32. The van der Waals surface area contributed by atoms with E-state index in [-0.39, 0.29) is 17.1 Å². The van der Waals surface area contributed by atoms with E-state index in [4.69, 9.17) is 11.6 Å². The van der Waals surface area contributed by atoms with Crippen molar-refractivity contribution in [2.24, 2.45) is 4.99 Å². The summed E-state index contributed by atoms with van der Waals surface area (Å²) in [6.45, 7) is 7.58. The van der Waals surface area contributed by atoms with Crippen LogP contribution in [0.5, 0.6) is 0 Å². The number of anilines is 1. The minimum atomic E-state index is -2.94. The first-order valence-corrected chi connectivity index (χ1v) is 9.87. The van der Waals surface area contributed by atoms with Crippen LogP contribution in [0.25, 0.3) is 27.7 Å². The number of alkyl halides is 2. The van der Waals surface area contributed by atoms with Crippen LogP contribution in [0.15, 0.2) is 78.0 Å². The lowest BCUT2D eigenvalue weighted by Gasteiger charge is -2.14. The minimum Gasteiger partial charge on any atom is -0.348 e. The van der Waals surface area contributed by atoms with E-state index in [0.717, 1.165) is 6.92 Å². The van der Waals surface area contributed by atoms with E-state index in [1.807, 2.05) is 0 Å². The molecule has 0 amide bonds. The number of aliphatic imine (C=N–C) groups is 1. The predicted octanol–water partition coefficient (Wildman–Crippen LogP) is 5.42. The van der Waals surface area contributed by atoms with Crippen LogP contribution in [-0.4, -0.2) is 33.2 Å². The molecular formula is C23H20ClF2N5O. The second-order valence-electron chi connectivity index (χ2n) is 6.94. The Morgan fingerprint density at radius 2 is 2.06 bits per heavy atom. The Hall–Kier alpha value is -3.65. The average molecular weight is 456 g/mol. The second-order valence-corrected chi connectivity index (χ2v) is 7.38. The molecule has 0 saturated heterocycles. The van der Waals surface area contributed by atoms with Gasteiger partial charge in [-0.05, 0) is 29.8 Å². The minimum absolute atomic E-state index is 0.00857. The molecule has 1 aromatic carbocycles. The van der Waals surface area contributed by atoms with Crippen LogP contribution in [0.1, 0.15) is 6.92 Å². The zero-order valence-corrected chi connectivity index (χ0v) is 18.0.